The van der Waals surface area contributed by atoms with Gasteiger partial charge >= 0.3 is 5.97 Å². The maximum Gasteiger partial charge on any atom is 0.308 e. The molecule has 3 saturated heterocycles. The highest BCUT2D eigenvalue weighted by Gasteiger charge is 2.77. The summed E-state index contributed by atoms with van der Waals surface area (Å²) in [5.74, 6) is -3.22. The van der Waals surface area contributed by atoms with Gasteiger partial charge in [-0.25, -0.2) is 0 Å². The van der Waals surface area contributed by atoms with E-state index >= 15 is 0 Å². The number of benzene rings is 1. The van der Waals surface area contributed by atoms with E-state index in [4.69, 9.17) is 0 Å². The molecule has 3 aliphatic rings. The van der Waals surface area contributed by atoms with Crippen LogP contribution in [-0.2, 0) is 14.4 Å². The molecule has 1 aromatic carbocycles. The summed E-state index contributed by atoms with van der Waals surface area (Å²) in [4.78, 5) is 45.4. The van der Waals surface area contributed by atoms with Gasteiger partial charge in [0.05, 0.1) is 23.2 Å². The Balaban J connectivity index is 1.74. The van der Waals surface area contributed by atoms with Gasteiger partial charge in [0.2, 0.25) is 5.91 Å². The first kappa shape index (κ1) is 25.6. The zero-order chi connectivity index (χ0) is 25.5. The van der Waals surface area contributed by atoms with Crippen LogP contribution in [0, 0.1) is 11.8 Å². The van der Waals surface area contributed by atoms with Crippen LogP contribution in [0.5, 0.6) is 0 Å². The fraction of sp³-hybridized carbons (Fsp3) is 0.577. The molecule has 2 N–H and O–H groups in total. The molecule has 2 amide bonds. The standard InChI is InChI=1S/C26H35N3O5S/c1-5-14-28(18-10-8-17(9-11-18)27(6-2)7-3)23(32)21-26-13-12-25(4,35-26)20(24(33)34)19(26)22(31)29(21)15-16-30/h5,8-11,19-21,30H,1,6-7,12-16H2,2-4H3,(H,33,34)/t19-,20+,21?,25-,26?/m0/s1. The first-order chi connectivity index (χ1) is 16.7. The molecule has 2 bridgehead atoms. The van der Waals surface area contributed by atoms with Crippen molar-refractivity contribution in [1.82, 2.24) is 4.90 Å². The van der Waals surface area contributed by atoms with E-state index in [1.165, 1.54) is 16.7 Å². The number of hydrogen-bond acceptors (Lipinski definition) is 6. The summed E-state index contributed by atoms with van der Waals surface area (Å²) in [6.45, 7) is 11.6. The van der Waals surface area contributed by atoms with E-state index in [-0.39, 0.29) is 31.5 Å². The number of carboxylic acids is 1. The highest BCUT2D eigenvalue weighted by atomic mass is 32.2. The third-order valence-electron chi connectivity index (χ3n) is 7.99. The number of carbonyl (C=O) groups is 3. The topological polar surface area (TPSA) is 101 Å². The van der Waals surface area contributed by atoms with Crippen LogP contribution in [0.2, 0.25) is 0 Å². The van der Waals surface area contributed by atoms with E-state index in [2.05, 4.69) is 25.3 Å². The fourth-order valence-electron chi connectivity index (χ4n) is 6.46. The number of aliphatic carboxylic acids is 1. The van der Waals surface area contributed by atoms with Gasteiger partial charge in [0, 0.05) is 42.3 Å². The van der Waals surface area contributed by atoms with Crippen molar-refractivity contribution in [2.24, 2.45) is 11.8 Å². The maximum absolute atomic E-state index is 14.2. The van der Waals surface area contributed by atoms with E-state index in [1.807, 2.05) is 31.2 Å². The van der Waals surface area contributed by atoms with Crippen LogP contribution in [0.4, 0.5) is 11.4 Å². The molecule has 9 heteroatoms. The molecule has 1 spiro atoms. The zero-order valence-corrected chi connectivity index (χ0v) is 21.5. The molecule has 3 aliphatic heterocycles. The second-order valence-corrected chi connectivity index (χ2v) is 11.6. The minimum absolute atomic E-state index is 0.0000690. The summed E-state index contributed by atoms with van der Waals surface area (Å²) in [6, 6.07) is 6.92. The van der Waals surface area contributed by atoms with Crippen molar-refractivity contribution in [3.63, 3.8) is 0 Å². The molecule has 3 fully saturated rings. The molecule has 35 heavy (non-hydrogen) atoms. The second kappa shape index (κ2) is 9.50. The average Bonchev–Trinajstić information content (AvgIpc) is 3.40. The minimum atomic E-state index is -0.994. The molecule has 190 valence electrons. The Labute approximate surface area is 210 Å². The maximum atomic E-state index is 14.2. The lowest BCUT2D eigenvalue weighted by Gasteiger charge is -2.37. The molecule has 0 radical (unpaired) electrons. The molecular formula is C26H35N3O5S. The van der Waals surface area contributed by atoms with Gasteiger partial charge in [-0.2, -0.15) is 0 Å². The van der Waals surface area contributed by atoms with Crippen LogP contribution in [0.15, 0.2) is 36.9 Å². The molecule has 2 unspecified atom stereocenters. The van der Waals surface area contributed by atoms with Gasteiger partial charge in [-0.3, -0.25) is 14.4 Å². The van der Waals surface area contributed by atoms with Crippen molar-refractivity contribution in [2.45, 2.75) is 49.1 Å². The van der Waals surface area contributed by atoms with Gasteiger partial charge in [0.1, 0.15) is 6.04 Å². The van der Waals surface area contributed by atoms with Crippen LogP contribution in [0.3, 0.4) is 0 Å². The number of anilines is 2. The summed E-state index contributed by atoms with van der Waals surface area (Å²) < 4.78 is -1.41. The smallest absolute Gasteiger partial charge is 0.308 e. The molecule has 0 saturated carbocycles. The SMILES string of the molecule is C=CCN(C(=O)C1N(CCO)C(=O)[C@@H]2[C@H](C(=O)O)[C@]3(C)CCC12S3)c1ccc(N(CC)CC)cc1. The van der Waals surface area contributed by atoms with Crippen LogP contribution in [0.25, 0.3) is 0 Å². The largest absolute Gasteiger partial charge is 0.481 e. The van der Waals surface area contributed by atoms with Crippen molar-refractivity contribution in [2.75, 3.05) is 42.6 Å². The predicted molar refractivity (Wildman–Crippen MR) is 138 cm³/mol. The molecule has 4 rings (SSSR count). The number of likely N-dealkylation sites (tertiary alicyclic amines) is 1. The van der Waals surface area contributed by atoms with Gasteiger partial charge in [-0.1, -0.05) is 6.08 Å². The summed E-state index contributed by atoms with van der Waals surface area (Å²) in [7, 11) is 0. The second-order valence-electron chi connectivity index (χ2n) is 9.75. The number of β-amino-alcohol motifs (C(OH)–C–C–N with tert-alkyl or cyclic N) is 1. The average molecular weight is 502 g/mol. The Bertz CT molecular complexity index is 1010. The third kappa shape index (κ3) is 3.83. The number of nitrogens with zero attached hydrogens (tertiary/aromatic N) is 3. The van der Waals surface area contributed by atoms with Crippen LogP contribution in [0.1, 0.15) is 33.6 Å². The lowest BCUT2D eigenvalue weighted by molar-refractivity contribution is -0.150. The lowest BCUT2D eigenvalue weighted by atomic mass is 9.66. The van der Waals surface area contributed by atoms with Crippen molar-refractivity contribution < 1.29 is 24.6 Å². The van der Waals surface area contributed by atoms with Crippen molar-refractivity contribution >= 4 is 40.9 Å². The fourth-order valence-corrected chi connectivity index (χ4v) is 8.80. The monoisotopic (exact) mass is 501 g/mol. The number of hydrogen-bond donors (Lipinski definition) is 2. The number of aliphatic hydroxyl groups excluding tert-OH is 1. The Morgan fingerprint density at radius 1 is 1.20 bits per heavy atom. The van der Waals surface area contributed by atoms with E-state index in [9.17, 15) is 24.6 Å². The number of carbonyl (C=O) groups excluding carboxylic acids is 2. The normalized spacial score (nSPS) is 30.9. The summed E-state index contributed by atoms with van der Waals surface area (Å²) in [5.41, 5.74) is 1.75. The Kier molecular flexibility index (Phi) is 6.94. The molecular weight excluding hydrogens is 466 g/mol. The molecule has 1 aromatic rings. The lowest BCUT2D eigenvalue weighted by Crippen LogP contribution is -2.55. The van der Waals surface area contributed by atoms with Crippen molar-refractivity contribution in [1.29, 1.82) is 0 Å². The van der Waals surface area contributed by atoms with Crippen LogP contribution >= 0.6 is 11.8 Å². The Morgan fingerprint density at radius 3 is 2.37 bits per heavy atom. The molecule has 3 heterocycles. The highest BCUT2D eigenvalue weighted by Crippen LogP contribution is 2.71. The van der Waals surface area contributed by atoms with E-state index in [1.54, 1.807) is 11.0 Å². The van der Waals surface area contributed by atoms with Crippen LogP contribution in [-0.4, -0.2) is 81.2 Å². The summed E-state index contributed by atoms with van der Waals surface area (Å²) >= 11 is 1.50. The molecule has 8 nitrogen and oxygen atoms in total. The molecule has 5 atom stereocenters. The minimum Gasteiger partial charge on any atom is -0.481 e. The van der Waals surface area contributed by atoms with Crippen molar-refractivity contribution in [3.8, 4) is 0 Å². The van der Waals surface area contributed by atoms with E-state index in [0.29, 0.717) is 18.5 Å². The van der Waals surface area contributed by atoms with E-state index in [0.717, 1.165) is 18.8 Å². The third-order valence-corrected chi connectivity index (χ3v) is 9.97. The molecule has 0 aromatic heterocycles. The number of rotatable bonds is 10. The number of amides is 2. The number of fused-ring (bicyclic) bond motifs is 1. The highest BCUT2D eigenvalue weighted by molar-refractivity contribution is 8.02. The quantitative estimate of drug-likeness (QED) is 0.475. The number of thioether (sulfide) groups is 1. The van der Waals surface area contributed by atoms with Gasteiger partial charge in [0.15, 0.2) is 0 Å². The Morgan fingerprint density at radius 2 is 1.83 bits per heavy atom. The van der Waals surface area contributed by atoms with Gasteiger partial charge < -0.3 is 24.9 Å². The first-order valence-electron chi connectivity index (χ1n) is 12.3. The predicted octanol–water partition coefficient (Wildman–Crippen LogP) is 2.61. The van der Waals surface area contributed by atoms with Crippen molar-refractivity contribution in [3.05, 3.63) is 36.9 Å². The van der Waals surface area contributed by atoms with Gasteiger partial charge in [-0.15, -0.1) is 18.3 Å². The number of carboxylic acid groups (broad SMARTS) is 1. The summed E-state index contributed by atoms with van der Waals surface area (Å²) in [5, 5.41) is 19.8. The van der Waals surface area contributed by atoms with Gasteiger partial charge in [0.25, 0.3) is 5.91 Å². The first-order valence-corrected chi connectivity index (χ1v) is 13.1. The number of aliphatic hydroxyl groups is 1. The Hall–Kier alpha value is -2.52. The van der Waals surface area contributed by atoms with E-state index < -0.39 is 33.3 Å². The zero-order valence-electron chi connectivity index (χ0n) is 20.6. The summed E-state index contributed by atoms with van der Waals surface area (Å²) in [6.07, 6.45) is 2.88. The molecule has 0 aliphatic carbocycles. The van der Waals surface area contributed by atoms with Gasteiger partial charge in [-0.05, 0) is 57.9 Å². The van der Waals surface area contributed by atoms with Crippen LogP contribution < -0.4 is 9.80 Å².